The number of carbonyl (C=O) groups is 1. The highest BCUT2D eigenvalue weighted by molar-refractivity contribution is 5.81. The molecule has 1 amide bonds. The first kappa shape index (κ1) is 18.0. The number of benzene rings is 1. The van der Waals surface area contributed by atoms with Crippen molar-refractivity contribution in [3.8, 4) is 0 Å². The van der Waals surface area contributed by atoms with Crippen LogP contribution in [0.4, 0.5) is 0 Å². The molecule has 1 aromatic carbocycles. The Kier molecular flexibility index (Phi) is 4.89. The van der Waals surface area contributed by atoms with Crippen molar-refractivity contribution in [2.24, 2.45) is 5.92 Å². The molecule has 0 fully saturated rings. The number of carbonyl (C=O) groups excluding carboxylic acids is 1. The van der Waals surface area contributed by atoms with Crippen LogP contribution in [0.3, 0.4) is 0 Å². The van der Waals surface area contributed by atoms with Crippen molar-refractivity contribution in [2.75, 3.05) is 6.54 Å². The second kappa shape index (κ2) is 7.33. The van der Waals surface area contributed by atoms with Gasteiger partial charge in [-0.2, -0.15) is 5.10 Å². The molecule has 4 rings (SSSR count). The van der Waals surface area contributed by atoms with Gasteiger partial charge < -0.3 is 4.90 Å². The fourth-order valence-corrected chi connectivity index (χ4v) is 4.29. The third-order valence-corrected chi connectivity index (χ3v) is 5.65. The van der Waals surface area contributed by atoms with Gasteiger partial charge in [-0.25, -0.2) is 9.48 Å². The predicted octanol–water partition coefficient (Wildman–Crippen LogP) is 2.55. The molecule has 6 heteroatoms. The molecule has 0 saturated heterocycles. The number of rotatable bonds is 3. The van der Waals surface area contributed by atoms with E-state index in [1.165, 1.54) is 11.1 Å². The Morgan fingerprint density at radius 3 is 2.74 bits per heavy atom. The van der Waals surface area contributed by atoms with Crippen LogP contribution in [-0.2, 0) is 30.7 Å². The first-order valence-electron chi connectivity index (χ1n) is 10.1. The average molecular weight is 368 g/mol. The van der Waals surface area contributed by atoms with Gasteiger partial charge in [0.15, 0.2) is 0 Å². The lowest BCUT2D eigenvalue weighted by atomic mass is 9.99. The molecule has 0 saturated carbocycles. The van der Waals surface area contributed by atoms with E-state index in [2.05, 4.69) is 37.1 Å². The molecule has 144 valence electrons. The Labute approximate surface area is 159 Å². The minimum Gasteiger partial charge on any atom is -0.336 e. The second-order valence-electron chi connectivity index (χ2n) is 8.18. The molecule has 3 heterocycles. The van der Waals surface area contributed by atoms with Gasteiger partial charge in [0.2, 0.25) is 5.91 Å². The van der Waals surface area contributed by atoms with Gasteiger partial charge in [-0.1, -0.05) is 44.5 Å². The molecular formula is C21H28N4O2. The Hall–Kier alpha value is -2.37. The van der Waals surface area contributed by atoms with E-state index in [-0.39, 0.29) is 11.6 Å². The standard InChI is InChI=1S/C21H28N4O2/c1-15(2)13-24-21(27)25-18(9-5-6-10-19(25)22-24)20(26)23-12-11-16-7-3-4-8-17(16)14-23/h3-4,7-8,15,18H,5-6,9-14H2,1-2H3/t18-/m0/s1. The van der Waals surface area contributed by atoms with Gasteiger partial charge in [0.05, 0.1) is 0 Å². The van der Waals surface area contributed by atoms with Crippen molar-refractivity contribution in [2.45, 2.75) is 65.1 Å². The highest BCUT2D eigenvalue weighted by atomic mass is 16.2. The molecule has 2 aromatic rings. The van der Waals surface area contributed by atoms with E-state index in [1.54, 1.807) is 9.25 Å². The van der Waals surface area contributed by atoms with Crippen LogP contribution in [0.1, 0.15) is 56.1 Å². The van der Waals surface area contributed by atoms with Crippen LogP contribution in [0, 0.1) is 5.92 Å². The summed E-state index contributed by atoms with van der Waals surface area (Å²) in [6.07, 6.45) is 4.30. The van der Waals surface area contributed by atoms with Crippen LogP contribution in [0.15, 0.2) is 29.1 Å². The SMILES string of the molecule is CC(C)Cn1nc2n(c1=O)[C@H](C(=O)N1CCc3ccccc3C1)CCCC2. The van der Waals surface area contributed by atoms with Crippen LogP contribution < -0.4 is 5.69 Å². The predicted molar refractivity (Wildman–Crippen MR) is 103 cm³/mol. The molecule has 1 aromatic heterocycles. The summed E-state index contributed by atoms with van der Waals surface area (Å²) in [5, 5.41) is 4.56. The van der Waals surface area contributed by atoms with E-state index in [9.17, 15) is 9.59 Å². The monoisotopic (exact) mass is 368 g/mol. The van der Waals surface area contributed by atoms with Crippen LogP contribution in [0.2, 0.25) is 0 Å². The molecule has 0 radical (unpaired) electrons. The Balaban J connectivity index is 1.63. The summed E-state index contributed by atoms with van der Waals surface area (Å²) in [5.41, 5.74) is 2.41. The number of nitrogens with zero attached hydrogens (tertiary/aromatic N) is 4. The summed E-state index contributed by atoms with van der Waals surface area (Å²) in [5.74, 6) is 1.18. The molecule has 6 nitrogen and oxygen atoms in total. The van der Waals surface area contributed by atoms with Crippen molar-refractivity contribution >= 4 is 5.91 Å². The number of fused-ring (bicyclic) bond motifs is 2. The van der Waals surface area contributed by atoms with Crippen LogP contribution in [0.25, 0.3) is 0 Å². The van der Waals surface area contributed by atoms with Gasteiger partial charge in [-0.05, 0) is 36.3 Å². The summed E-state index contributed by atoms with van der Waals surface area (Å²) in [6.45, 7) is 6.10. The Morgan fingerprint density at radius 1 is 1.19 bits per heavy atom. The second-order valence-corrected chi connectivity index (χ2v) is 8.18. The van der Waals surface area contributed by atoms with Crippen LogP contribution in [0.5, 0.6) is 0 Å². The molecule has 0 unspecified atom stereocenters. The summed E-state index contributed by atoms with van der Waals surface area (Å²) in [6, 6.07) is 7.90. The zero-order valence-electron chi connectivity index (χ0n) is 16.2. The lowest BCUT2D eigenvalue weighted by Gasteiger charge is -2.32. The highest BCUT2D eigenvalue weighted by Gasteiger charge is 2.33. The number of amides is 1. The topological polar surface area (TPSA) is 60.1 Å². The van der Waals surface area contributed by atoms with Gasteiger partial charge in [-0.3, -0.25) is 9.36 Å². The minimum absolute atomic E-state index is 0.0684. The van der Waals surface area contributed by atoms with E-state index in [0.717, 1.165) is 44.5 Å². The summed E-state index contributed by atoms with van der Waals surface area (Å²) < 4.78 is 3.25. The largest absolute Gasteiger partial charge is 0.346 e. The van der Waals surface area contributed by atoms with E-state index >= 15 is 0 Å². The number of aryl methyl sites for hydroxylation is 1. The quantitative estimate of drug-likeness (QED) is 0.837. The fourth-order valence-electron chi connectivity index (χ4n) is 4.29. The summed E-state index contributed by atoms with van der Waals surface area (Å²) in [7, 11) is 0. The maximum Gasteiger partial charge on any atom is 0.346 e. The minimum atomic E-state index is -0.416. The van der Waals surface area contributed by atoms with Gasteiger partial charge in [0, 0.05) is 26.1 Å². The molecule has 0 spiro atoms. The molecule has 27 heavy (non-hydrogen) atoms. The zero-order chi connectivity index (χ0) is 19.0. The van der Waals surface area contributed by atoms with Crippen molar-refractivity contribution in [1.82, 2.24) is 19.2 Å². The van der Waals surface area contributed by atoms with Crippen molar-refractivity contribution < 1.29 is 4.79 Å². The third kappa shape index (κ3) is 3.45. The molecule has 2 aliphatic rings. The maximum absolute atomic E-state index is 13.4. The first-order chi connectivity index (χ1) is 13.0. The van der Waals surface area contributed by atoms with Crippen molar-refractivity contribution in [3.05, 3.63) is 51.7 Å². The zero-order valence-corrected chi connectivity index (χ0v) is 16.2. The normalized spacial score (nSPS) is 19.5. The number of hydrogen-bond acceptors (Lipinski definition) is 3. The van der Waals surface area contributed by atoms with Gasteiger partial charge in [0.25, 0.3) is 0 Å². The molecule has 0 aliphatic carbocycles. The molecular weight excluding hydrogens is 340 g/mol. The van der Waals surface area contributed by atoms with E-state index in [1.807, 2.05) is 11.0 Å². The number of hydrogen-bond donors (Lipinski definition) is 0. The molecule has 1 atom stereocenters. The van der Waals surface area contributed by atoms with Crippen LogP contribution >= 0.6 is 0 Å². The average Bonchev–Trinajstić information content (AvgIpc) is 2.83. The molecule has 2 aliphatic heterocycles. The van der Waals surface area contributed by atoms with Gasteiger partial charge in [0.1, 0.15) is 11.9 Å². The Morgan fingerprint density at radius 2 is 1.96 bits per heavy atom. The molecule has 0 bridgehead atoms. The van der Waals surface area contributed by atoms with E-state index < -0.39 is 6.04 Å². The van der Waals surface area contributed by atoms with E-state index in [0.29, 0.717) is 19.0 Å². The van der Waals surface area contributed by atoms with Crippen molar-refractivity contribution in [1.29, 1.82) is 0 Å². The molecule has 0 N–H and O–H groups in total. The summed E-state index contributed by atoms with van der Waals surface area (Å²) in [4.78, 5) is 28.3. The van der Waals surface area contributed by atoms with Crippen molar-refractivity contribution in [3.63, 3.8) is 0 Å². The highest BCUT2D eigenvalue weighted by Crippen LogP contribution is 2.26. The lowest BCUT2D eigenvalue weighted by Crippen LogP contribution is -2.43. The van der Waals surface area contributed by atoms with Crippen LogP contribution in [-0.4, -0.2) is 31.7 Å². The van der Waals surface area contributed by atoms with Gasteiger partial charge >= 0.3 is 5.69 Å². The third-order valence-electron chi connectivity index (χ3n) is 5.65. The van der Waals surface area contributed by atoms with Gasteiger partial charge in [-0.15, -0.1) is 0 Å². The maximum atomic E-state index is 13.4. The van der Waals surface area contributed by atoms with E-state index in [4.69, 9.17) is 0 Å². The number of aromatic nitrogens is 3. The summed E-state index contributed by atoms with van der Waals surface area (Å²) >= 11 is 0. The Bertz CT molecular complexity index is 896. The fraction of sp³-hybridized carbons (Fsp3) is 0.571. The first-order valence-corrected chi connectivity index (χ1v) is 10.1. The smallest absolute Gasteiger partial charge is 0.336 e. The lowest BCUT2D eigenvalue weighted by molar-refractivity contribution is -0.136.